The molecule has 5 heteroatoms. The van der Waals surface area contributed by atoms with Crippen LogP contribution in [0.3, 0.4) is 0 Å². The lowest BCUT2D eigenvalue weighted by atomic mass is 10.2. The molecule has 4 nitrogen and oxygen atoms in total. The molecule has 0 aliphatic carbocycles. The van der Waals surface area contributed by atoms with Crippen molar-refractivity contribution in [1.29, 1.82) is 0 Å². The zero-order valence-corrected chi connectivity index (χ0v) is 14.5. The maximum atomic E-state index is 6.17. The molecule has 0 saturated heterocycles. The molecule has 0 aliphatic rings. The van der Waals surface area contributed by atoms with Crippen molar-refractivity contribution in [3.63, 3.8) is 0 Å². The lowest BCUT2D eigenvalue weighted by Crippen LogP contribution is -2.08. The van der Waals surface area contributed by atoms with E-state index in [9.17, 15) is 0 Å². The van der Waals surface area contributed by atoms with E-state index in [1.54, 1.807) is 6.26 Å². The summed E-state index contributed by atoms with van der Waals surface area (Å²) in [6.07, 6.45) is 1.67. The minimum absolute atomic E-state index is 0.371. The quantitative estimate of drug-likeness (QED) is 0.494. The number of hydrogen-bond donors (Lipinski definition) is 0. The normalized spacial score (nSPS) is 11.1. The Kier molecular flexibility index (Phi) is 4.20. The third-order valence-corrected chi connectivity index (χ3v) is 4.31. The Morgan fingerprint density at radius 2 is 1.96 bits per heavy atom. The first-order valence-electron chi connectivity index (χ1n) is 8.05. The van der Waals surface area contributed by atoms with Crippen molar-refractivity contribution in [3.05, 3.63) is 83.0 Å². The highest BCUT2D eigenvalue weighted by atomic mass is 35.5. The first-order valence-corrected chi connectivity index (χ1v) is 8.43. The molecule has 0 amide bonds. The molecule has 0 radical (unpaired) electrons. The Morgan fingerprint density at radius 1 is 1.12 bits per heavy atom. The summed E-state index contributed by atoms with van der Waals surface area (Å²) in [5.74, 6) is 2.50. The highest BCUT2D eigenvalue weighted by Gasteiger charge is 2.13. The van der Waals surface area contributed by atoms with Crippen LogP contribution in [-0.2, 0) is 13.2 Å². The van der Waals surface area contributed by atoms with Gasteiger partial charge in [0.05, 0.1) is 23.8 Å². The molecule has 25 heavy (non-hydrogen) atoms. The van der Waals surface area contributed by atoms with Gasteiger partial charge in [-0.05, 0) is 49.4 Å². The predicted octanol–water partition coefficient (Wildman–Crippen LogP) is 5.22. The topological polar surface area (TPSA) is 40.2 Å². The van der Waals surface area contributed by atoms with E-state index in [4.69, 9.17) is 25.7 Å². The van der Waals surface area contributed by atoms with Crippen LogP contribution in [0, 0.1) is 6.92 Å². The van der Waals surface area contributed by atoms with Crippen LogP contribution in [0.1, 0.15) is 17.1 Å². The van der Waals surface area contributed by atoms with Crippen molar-refractivity contribution < 1.29 is 9.15 Å². The molecule has 2 aromatic heterocycles. The molecule has 0 fully saturated rings. The molecule has 2 heterocycles. The Labute approximate surface area is 150 Å². The summed E-state index contributed by atoms with van der Waals surface area (Å²) < 4.78 is 13.5. The number of halogens is 1. The molecule has 0 aliphatic heterocycles. The molecule has 2 aromatic carbocycles. The lowest BCUT2D eigenvalue weighted by Gasteiger charge is -2.09. The van der Waals surface area contributed by atoms with Gasteiger partial charge in [-0.2, -0.15) is 0 Å². The second kappa shape index (κ2) is 6.65. The monoisotopic (exact) mass is 352 g/mol. The minimum atomic E-state index is 0.371. The number of hydrogen-bond acceptors (Lipinski definition) is 3. The van der Waals surface area contributed by atoms with Crippen LogP contribution in [0.5, 0.6) is 5.75 Å². The number of ether oxygens (including phenoxy) is 1. The van der Waals surface area contributed by atoms with Gasteiger partial charge in [0.2, 0.25) is 0 Å². The Morgan fingerprint density at radius 3 is 2.72 bits per heavy atom. The zero-order chi connectivity index (χ0) is 17.2. The second-order valence-electron chi connectivity index (χ2n) is 5.93. The molecule has 0 N–H and O–H groups in total. The van der Waals surface area contributed by atoms with Crippen molar-refractivity contribution >= 4 is 22.6 Å². The summed E-state index contributed by atoms with van der Waals surface area (Å²) in [5, 5.41) is 0.680. The van der Waals surface area contributed by atoms with Crippen molar-refractivity contribution in [2.45, 2.75) is 20.1 Å². The maximum absolute atomic E-state index is 6.17. The summed E-state index contributed by atoms with van der Waals surface area (Å²) >= 11 is 6.17. The first-order chi connectivity index (χ1) is 12.2. The maximum Gasteiger partial charge on any atom is 0.148 e. The van der Waals surface area contributed by atoms with Gasteiger partial charge in [-0.15, -0.1) is 0 Å². The van der Waals surface area contributed by atoms with E-state index in [1.165, 1.54) is 5.56 Å². The van der Waals surface area contributed by atoms with Crippen LogP contribution in [0.4, 0.5) is 0 Å². The molecule has 0 unspecified atom stereocenters. The molecular formula is C20H17ClN2O2. The smallest absolute Gasteiger partial charge is 0.148 e. The summed E-state index contributed by atoms with van der Waals surface area (Å²) in [6.45, 7) is 3.00. The number of rotatable bonds is 5. The number of benzene rings is 2. The summed E-state index contributed by atoms with van der Waals surface area (Å²) in [6, 6.07) is 17.5. The van der Waals surface area contributed by atoms with Gasteiger partial charge in [0.1, 0.15) is 23.9 Å². The van der Waals surface area contributed by atoms with E-state index in [0.717, 1.165) is 28.4 Å². The van der Waals surface area contributed by atoms with E-state index in [1.807, 2.05) is 54.6 Å². The van der Waals surface area contributed by atoms with E-state index >= 15 is 0 Å². The van der Waals surface area contributed by atoms with Crippen molar-refractivity contribution in [3.8, 4) is 5.75 Å². The van der Waals surface area contributed by atoms with Crippen molar-refractivity contribution in [1.82, 2.24) is 9.55 Å². The fourth-order valence-electron chi connectivity index (χ4n) is 2.77. The molecule has 0 bridgehead atoms. The van der Waals surface area contributed by atoms with Crippen LogP contribution < -0.4 is 4.74 Å². The number of furan rings is 1. The number of aryl methyl sites for hydroxylation is 1. The fourth-order valence-corrected chi connectivity index (χ4v) is 2.94. The Bertz CT molecular complexity index is 989. The van der Waals surface area contributed by atoms with Crippen LogP contribution in [-0.4, -0.2) is 9.55 Å². The van der Waals surface area contributed by atoms with Crippen LogP contribution in [0.15, 0.2) is 65.3 Å². The van der Waals surface area contributed by atoms with Gasteiger partial charge in [0, 0.05) is 5.02 Å². The summed E-state index contributed by atoms with van der Waals surface area (Å²) in [4.78, 5) is 4.70. The highest BCUT2D eigenvalue weighted by molar-refractivity contribution is 6.31. The highest BCUT2D eigenvalue weighted by Crippen LogP contribution is 2.23. The second-order valence-corrected chi connectivity index (χ2v) is 6.36. The van der Waals surface area contributed by atoms with E-state index < -0.39 is 0 Å². The average molecular weight is 353 g/mol. The van der Waals surface area contributed by atoms with Crippen LogP contribution in [0.2, 0.25) is 5.02 Å². The van der Waals surface area contributed by atoms with Gasteiger partial charge in [0.25, 0.3) is 0 Å². The van der Waals surface area contributed by atoms with Gasteiger partial charge in [-0.25, -0.2) is 4.98 Å². The number of nitrogens with zero attached hydrogens (tertiary/aromatic N) is 2. The van der Waals surface area contributed by atoms with Gasteiger partial charge in [-0.3, -0.25) is 0 Å². The third-order valence-electron chi connectivity index (χ3n) is 4.07. The van der Waals surface area contributed by atoms with Crippen LogP contribution >= 0.6 is 11.6 Å². The van der Waals surface area contributed by atoms with Gasteiger partial charge < -0.3 is 13.7 Å². The Balaban J connectivity index is 1.67. The molecule has 126 valence electrons. The number of aromatic nitrogens is 2. The number of imidazole rings is 1. The summed E-state index contributed by atoms with van der Waals surface area (Å²) in [7, 11) is 0. The van der Waals surface area contributed by atoms with Crippen molar-refractivity contribution in [2.24, 2.45) is 0 Å². The molecule has 4 aromatic rings. The average Bonchev–Trinajstić information content (AvgIpc) is 3.23. The molecule has 0 spiro atoms. The van der Waals surface area contributed by atoms with E-state index in [-0.39, 0.29) is 0 Å². The number of fused-ring (bicyclic) bond motifs is 1. The lowest BCUT2D eigenvalue weighted by molar-refractivity contribution is 0.290. The van der Waals surface area contributed by atoms with Crippen LogP contribution in [0.25, 0.3) is 11.0 Å². The summed E-state index contributed by atoms with van der Waals surface area (Å²) in [5.41, 5.74) is 3.05. The van der Waals surface area contributed by atoms with E-state index in [0.29, 0.717) is 18.2 Å². The molecular weight excluding hydrogens is 336 g/mol. The van der Waals surface area contributed by atoms with Gasteiger partial charge in [-0.1, -0.05) is 29.3 Å². The zero-order valence-electron chi connectivity index (χ0n) is 13.8. The Hall–Kier alpha value is -2.72. The SMILES string of the molecule is Cc1ccc(OCc2nc3ccc(Cl)cc3n2Cc2ccco2)cc1. The largest absolute Gasteiger partial charge is 0.486 e. The first kappa shape index (κ1) is 15.8. The van der Waals surface area contributed by atoms with Gasteiger partial charge in [0.15, 0.2) is 0 Å². The van der Waals surface area contributed by atoms with Gasteiger partial charge >= 0.3 is 0 Å². The standard InChI is InChI=1S/C20H17ClN2O2/c1-14-4-7-16(8-5-14)25-13-20-22-18-9-6-15(21)11-19(18)23(20)12-17-3-2-10-24-17/h2-11H,12-13H2,1H3. The third kappa shape index (κ3) is 3.39. The van der Waals surface area contributed by atoms with E-state index in [2.05, 4.69) is 11.5 Å². The minimum Gasteiger partial charge on any atom is -0.486 e. The predicted molar refractivity (Wildman–Crippen MR) is 98.1 cm³/mol. The molecule has 0 saturated carbocycles. The molecule has 0 atom stereocenters. The van der Waals surface area contributed by atoms with Crippen molar-refractivity contribution in [2.75, 3.05) is 0 Å². The molecule has 4 rings (SSSR count). The fraction of sp³-hybridized carbons (Fsp3) is 0.150.